The van der Waals surface area contributed by atoms with Crippen molar-refractivity contribution in [3.8, 4) is 28.9 Å². The van der Waals surface area contributed by atoms with Crippen molar-refractivity contribution in [1.29, 1.82) is 0 Å². The van der Waals surface area contributed by atoms with Gasteiger partial charge in [0.15, 0.2) is 0 Å². The Morgan fingerprint density at radius 3 is 2.72 bits per heavy atom. The van der Waals surface area contributed by atoms with Crippen LogP contribution in [0.2, 0.25) is 5.02 Å². The number of hydrogen-bond acceptors (Lipinski definition) is 6. The molecular formula is C27H23ClN4O4. The van der Waals surface area contributed by atoms with Gasteiger partial charge in [0, 0.05) is 30.2 Å². The van der Waals surface area contributed by atoms with Crippen LogP contribution < -0.4 is 4.74 Å². The Kier molecular flexibility index (Phi) is 6.71. The Labute approximate surface area is 212 Å². The highest BCUT2D eigenvalue weighted by molar-refractivity contribution is 6.32. The Hall–Kier alpha value is -4.14. The number of carboxylic acid groups (broad SMARTS) is 1. The number of carbonyl (C=O) groups is 1. The van der Waals surface area contributed by atoms with E-state index in [4.69, 9.17) is 26.0 Å². The molecule has 0 bridgehead atoms. The number of halogens is 1. The number of benzene rings is 3. The van der Waals surface area contributed by atoms with Gasteiger partial charge in [-0.05, 0) is 66.3 Å². The van der Waals surface area contributed by atoms with E-state index in [1.165, 1.54) is 0 Å². The molecule has 2 heterocycles. The average molecular weight is 503 g/mol. The predicted molar refractivity (Wildman–Crippen MR) is 137 cm³/mol. The summed E-state index contributed by atoms with van der Waals surface area (Å²) in [7, 11) is 1.91. The maximum Gasteiger partial charge on any atom is 0.304 e. The van der Waals surface area contributed by atoms with Gasteiger partial charge in [0.1, 0.15) is 11.5 Å². The van der Waals surface area contributed by atoms with E-state index >= 15 is 0 Å². The minimum absolute atomic E-state index is 0.114. The third kappa shape index (κ3) is 5.25. The van der Waals surface area contributed by atoms with Crippen molar-refractivity contribution in [2.75, 3.05) is 13.6 Å². The number of para-hydroxylation sites is 1. The lowest BCUT2D eigenvalue weighted by Crippen LogP contribution is -2.21. The number of ether oxygens (including phenoxy) is 1. The van der Waals surface area contributed by atoms with Crippen LogP contribution >= 0.6 is 11.6 Å². The standard InChI is InChI=1S/C27H23ClN4O4/c1-31(13-12-25(33)34)17-18-7-9-23-19(15-18)11-14-32(23)27-29-26(36-30-27)20-8-10-24(22(28)16-20)35-21-5-3-2-4-6-21/h2-11,14-16H,12-13,17H2,1H3,(H,33,34). The number of fused-ring (bicyclic) bond motifs is 1. The molecule has 0 saturated carbocycles. The summed E-state index contributed by atoms with van der Waals surface area (Å²) < 4.78 is 13.2. The maximum absolute atomic E-state index is 10.8. The number of nitrogens with zero attached hydrogens (tertiary/aromatic N) is 4. The van der Waals surface area contributed by atoms with Crippen LogP contribution in [0.5, 0.6) is 11.5 Å². The minimum Gasteiger partial charge on any atom is -0.481 e. The zero-order valence-corrected chi connectivity index (χ0v) is 20.2. The zero-order valence-electron chi connectivity index (χ0n) is 19.5. The Morgan fingerprint density at radius 2 is 1.94 bits per heavy atom. The highest BCUT2D eigenvalue weighted by atomic mass is 35.5. The molecule has 5 aromatic rings. The van der Waals surface area contributed by atoms with Crippen LogP contribution in [0, 0.1) is 0 Å². The molecule has 0 aliphatic rings. The highest BCUT2D eigenvalue weighted by Gasteiger charge is 2.15. The molecule has 0 aliphatic carbocycles. The van der Waals surface area contributed by atoms with Crippen LogP contribution in [0.4, 0.5) is 0 Å². The fourth-order valence-electron chi connectivity index (χ4n) is 3.90. The van der Waals surface area contributed by atoms with E-state index in [0.717, 1.165) is 16.5 Å². The fourth-order valence-corrected chi connectivity index (χ4v) is 4.12. The fraction of sp³-hybridized carbons (Fsp3) is 0.148. The van der Waals surface area contributed by atoms with E-state index in [2.05, 4.69) is 16.2 Å². The molecule has 0 fully saturated rings. The predicted octanol–water partition coefficient (Wildman–Crippen LogP) is 6.03. The van der Waals surface area contributed by atoms with E-state index in [1.54, 1.807) is 12.1 Å². The molecular weight excluding hydrogens is 480 g/mol. The van der Waals surface area contributed by atoms with Crippen molar-refractivity contribution in [3.63, 3.8) is 0 Å². The van der Waals surface area contributed by atoms with E-state index < -0.39 is 5.97 Å². The van der Waals surface area contributed by atoms with Crippen molar-refractivity contribution in [1.82, 2.24) is 19.6 Å². The first-order chi connectivity index (χ1) is 17.5. The lowest BCUT2D eigenvalue weighted by Gasteiger charge is -2.15. The van der Waals surface area contributed by atoms with Gasteiger partial charge in [0.2, 0.25) is 0 Å². The summed E-state index contributed by atoms with van der Waals surface area (Å²) >= 11 is 6.45. The van der Waals surface area contributed by atoms with Gasteiger partial charge in [0.25, 0.3) is 11.8 Å². The third-order valence-corrected chi connectivity index (χ3v) is 5.99. The molecule has 0 spiro atoms. The summed E-state index contributed by atoms with van der Waals surface area (Å²) in [6.45, 7) is 1.15. The van der Waals surface area contributed by atoms with E-state index in [1.807, 2.05) is 77.3 Å². The van der Waals surface area contributed by atoms with Crippen molar-refractivity contribution in [2.45, 2.75) is 13.0 Å². The average Bonchev–Trinajstić information content (AvgIpc) is 3.52. The summed E-state index contributed by atoms with van der Waals surface area (Å²) in [6, 6.07) is 22.8. The Bertz CT molecular complexity index is 1510. The molecule has 2 aromatic heterocycles. The summed E-state index contributed by atoms with van der Waals surface area (Å²) in [5, 5.41) is 14.5. The SMILES string of the molecule is CN(CCC(=O)O)Cc1ccc2c(ccn2-c2noc(-c3ccc(Oc4ccccc4)c(Cl)c3)n2)c1. The molecule has 0 amide bonds. The van der Waals surface area contributed by atoms with Crippen molar-refractivity contribution in [3.05, 3.63) is 89.6 Å². The van der Waals surface area contributed by atoms with Gasteiger partial charge in [-0.25, -0.2) is 0 Å². The summed E-state index contributed by atoms with van der Waals surface area (Å²) in [5.74, 6) is 1.19. The van der Waals surface area contributed by atoms with Crippen LogP contribution in [0.3, 0.4) is 0 Å². The zero-order chi connectivity index (χ0) is 25.1. The smallest absolute Gasteiger partial charge is 0.304 e. The van der Waals surface area contributed by atoms with Crippen LogP contribution in [0.1, 0.15) is 12.0 Å². The molecule has 0 atom stereocenters. The number of aliphatic carboxylic acids is 1. The van der Waals surface area contributed by atoms with Gasteiger partial charge in [-0.3, -0.25) is 9.36 Å². The first-order valence-corrected chi connectivity index (χ1v) is 11.7. The third-order valence-electron chi connectivity index (χ3n) is 5.70. The van der Waals surface area contributed by atoms with Crippen molar-refractivity contribution in [2.24, 2.45) is 0 Å². The molecule has 5 rings (SSSR count). The van der Waals surface area contributed by atoms with Gasteiger partial charge >= 0.3 is 5.97 Å². The first kappa shape index (κ1) is 23.6. The number of aromatic nitrogens is 3. The largest absolute Gasteiger partial charge is 0.481 e. The molecule has 0 saturated heterocycles. The van der Waals surface area contributed by atoms with E-state index in [-0.39, 0.29) is 6.42 Å². The molecule has 182 valence electrons. The van der Waals surface area contributed by atoms with Crippen LogP contribution in [0.25, 0.3) is 28.3 Å². The lowest BCUT2D eigenvalue weighted by atomic mass is 10.1. The first-order valence-electron chi connectivity index (χ1n) is 11.3. The summed E-state index contributed by atoms with van der Waals surface area (Å²) in [5.41, 5.74) is 2.71. The number of hydrogen-bond donors (Lipinski definition) is 1. The van der Waals surface area contributed by atoms with Crippen molar-refractivity contribution >= 4 is 28.5 Å². The molecule has 9 heteroatoms. The number of rotatable bonds is 9. The van der Waals surface area contributed by atoms with Gasteiger partial charge in [-0.15, -0.1) is 0 Å². The van der Waals surface area contributed by atoms with Crippen molar-refractivity contribution < 1.29 is 19.2 Å². The molecule has 8 nitrogen and oxygen atoms in total. The second kappa shape index (κ2) is 10.2. The number of carboxylic acids is 1. The van der Waals surface area contributed by atoms with Crippen LogP contribution in [0.15, 0.2) is 83.5 Å². The second-order valence-corrected chi connectivity index (χ2v) is 8.83. The Balaban J connectivity index is 1.33. The molecule has 0 radical (unpaired) electrons. The quantitative estimate of drug-likeness (QED) is 0.263. The Morgan fingerprint density at radius 1 is 1.11 bits per heavy atom. The molecule has 3 aromatic carbocycles. The minimum atomic E-state index is -0.799. The van der Waals surface area contributed by atoms with Gasteiger partial charge in [0.05, 0.1) is 17.0 Å². The summed E-state index contributed by atoms with van der Waals surface area (Å²) in [4.78, 5) is 17.3. The van der Waals surface area contributed by atoms with Crippen LogP contribution in [-0.2, 0) is 11.3 Å². The van der Waals surface area contributed by atoms with E-state index in [9.17, 15) is 4.79 Å². The van der Waals surface area contributed by atoms with Crippen LogP contribution in [-0.4, -0.2) is 44.3 Å². The maximum atomic E-state index is 10.8. The topological polar surface area (TPSA) is 93.6 Å². The lowest BCUT2D eigenvalue weighted by molar-refractivity contribution is -0.137. The molecule has 0 unspecified atom stereocenters. The molecule has 0 aliphatic heterocycles. The monoisotopic (exact) mass is 502 g/mol. The van der Waals surface area contributed by atoms with E-state index in [0.29, 0.717) is 47.0 Å². The molecule has 1 N–H and O–H groups in total. The van der Waals surface area contributed by atoms with Gasteiger partial charge in [-0.1, -0.05) is 35.9 Å². The second-order valence-electron chi connectivity index (χ2n) is 8.42. The highest BCUT2D eigenvalue weighted by Crippen LogP contribution is 2.33. The van der Waals surface area contributed by atoms with Gasteiger partial charge in [-0.2, -0.15) is 4.98 Å². The molecule has 36 heavy (non-hydrogen) atoms. The van der Waals surface area contributed by atoms with Gasteiger partial charge < -0.3 is 19.3 Å². The summed E-state index contributed by atoms with van der Waals surface area (Å²) in [6.07, 6.45) is 2.00. The normalized spacial score (nSPS) is 11.3.